The quantitative estimate of drug-likeness (QED) is 0.852. The molecule has 5 nitrogen and oxygen atoms in total. The second-order valence-electron chi connectivity index (χ2n) is 6.24. The van der Waals surface area contributed by atoms with Crippen molar-refractivity contribution in [3.63, 3.8) is 0 Å². The summed E-state index contributed by atoms with van der Waals surface area (Å²) in [7, 11) is 0. The Morgan fingerprint density at radius 2 is 2.04 bits per heavy atom. The van der Waals surface area contributed by atoms with Gasteiger partial charge in [-0.3, -0.25) is 9.78 Å². The molecule has 1 aliphatic heterocycles. The highest BCUT2D eigenvalue weighted by atomic mass is 16.2. The van der Waals surface area contributed by atoms with Crippen LogP contribution in [-0.2, 0) is 0 Å². The number of amides is 1. The Labute approximate surface area is 142 Å². The van der Waals surface area contributed by atoms with E-state index in [1.807, 2.05) is 38.1 Å². The first-order valence-electron chi connectivity index (χ1n) is 8.18. The van der Waals surface area contributed by atoms with Gasteiger partial charge in [0.1, 0.15) is 0 Å². The SMILES string of the molecule is Cc1cnc(C)c(-c2ccc(C(=O)N3CCC[C@@H](C#N)C3)cc2)n1. The fraction of sp³-hybridized carbons (Fsp3) is 0.368. The van der Waals surface area contributed by atoms with Crippen LogP contribution >= 0.6 is 0 Å². The van der Waals surface area contributed by atoms with Crippen LogP contribution in [0, 0.1) is 31.1 Å². The number of aryl methyl sites for hydroxylation is 2. The number of rotatable bonds is 2. The molecule has 0 unspecified atom stereocenters. The number of piperidine rings is 1. The van der Waals surface area contributed by atoms with E-state index < -0.39 is 0 Å². The largest absolute Gasteiger partial charge is 0.337 e. The second-order valence-corrected chi connectivity index (χ2v) is 6.24. The van der Waals surface area contributed by atoms with E-state index in [1.54, 1.807) is 11.1 Å². The zero-order valence-electron chi connectivity index (χ0n) is 14.0. The summed E-state index contributed by atoms with van der Waals surface area (Å²) >= 11 is 0. The fourth-order valence-corrected chi connectivity index (χ4v) is 3.03. The minimum Gasteiger partial charge on any atom is -0.337 e. The maximum atomic E-state index is 12.6. The molecule has 1 saturated heterocycles. The normalized spacial score (nSPS) is 17.4. The van der Waals surface area contributed by atoms with Crippen LogP contribution in [0.4, 0.5) is 0 Å². The van der Waals surface area contributed by atoms with Crippen LogP contribution in [0.25, 0.3) is 11.3 Å². The highest BCUT2D eigenvalue weighted by molar-refractivity contribution is 5.94. The van der Waals surface area contributed by atoms with Crippen molar-refractivity contribution in [2.75, 3.05) is 13.1 Å². The van der Waals surface area contributed by atoms with Gasteiger partial charge in [-0.2, -0.15) is 5.26 Å². The lowest BCUT2D eigenvalue weighted by Crippen LogP contribution is -2.39. The third-order valence-electron chi connectivity index (χ3n) is 4.37. The van der Waals surface area contributed by atoms with Crippen molar-refractivity contribution in [1.82, 2.24) is 14.9 Å². The lowest BCUT2D eigenvalue weighted by atomic mass is 9.98. The molecule has 1 aliphatic rings. The van der Waals surface area contributed by atoms with E-state index in [9.17, 15) is 4.79 Å². The standard InChI is InChI=1S/C19H20N4O/c1-13-11-21-14(2)18(22-13)16-5-7-17(8-6-16)19(24)23-9-3-4-15(10-20)12-23/h5-8,11,15H,3-4,9,12H2,1-2H3/t15-/m0/s1. The molecule has 3 rings (SSSR count). The molecule has 5 heteroatoms. The average molecular weight is 320 g/mol. The van der Waals surface area contributed by atoms with Crippen LogP contribution in [0.2, 0.25) is 0 Å². The summed E-state index contributed by atoms with van der Waals surface area (Å²) < 4.78 is 0. The molecular weight excluding hydrogens is 300 g/mol. The van der Waals surface area contributed by atoms with Crippen molar-refractivity contribution in [2.24, 2.45) is 5.92 Å². The average Bonchev–Trinajstić information content (AvgIpc) is 2.63. The second kappa shape index (κ2) is 6.79. The maximum absolute atomic E-state index is 12.6. The minimum atomic E-state index is -0.0489. The van der Waals surface area contributed by atoms with E-state index >= 15 is 0 Å². The van der Waals surface area contributed by atoms with Crippen molar-refractivity contribution in [2.45, 2.75) is 26.7 Å². The third-order valence-corrected chi connectivity index (χ3v) is 4.37. The zero-order valence-corrected chi connectivity index (χ0v) is 14.0. The summed E-state index contributed by atoms with van der Waals surface area (Å²) in [6.07, 6.45) is 3.52. The molecule has 0 spiro atoms. The molecule has 0 bridgehead atoms. The van der Waals surface area contributed by atoms with Gasteiger partial charge in [0.2, 0.25) is 0 Å². The molecule has 1 atom stereocenters. The van der Waals surface area contributed by atoms with Gasteiger partial charge in [-0.1, -0.05) is 12.1 Å². The number of likely N-dealkylation sites (tertiary alicyclic amines) is 1. The van der Waals surface area contributed by atoms with E-state index in [0.717, 1.165) is 42.0 Å². The van der Waals surface area contributed by atoms with Crippen molar-refractivity contribution >= 4 is 5.91 Å². The van der Waals surface area contributed by atoms with Crippen molar-refractivity contribution in [3.05, 3.63) is 47.4 Å². The van der Waals surface area contributed by atoms with Crippen LogP contribution in [0.5, 0.6) is 0 Å². The molecule has 0 N–H and O–H groups in total. The monoisotopic (exact) mass is 320 g/mol. The van der Waals surface area contributed by atoms with E-state index in [0.29, 0.717) is 12.1 Å². The molecule has 24 heavy (non-hydrogen) atoms. The topological polar surface area (TPSA) is 69.9 Å². The number of hydrogen-bond donors (Lipinski definition) is 0. The Morgan fingerprint density at radius 1 is 1.29 bits per heavy atom. The predicted octanol–water partition coefficient (Wildman–Crippen LogP) is 3.14. The Balaban J connectivity index is 1.80. The van der Waals surface area contributed by atoms with Crippen LogP contribution in [-0.4, -0.2) is 33.9 Å². The molecule has 0 saturated carbocycles. The van der Waals surface area contributed by atoms with Gasteiger partial charge < -0.3 is 4.90 Å². The summed E-state index contributed by atoms with van der Waals surface area (Å²) in [5.74, 6) is -0.0549. The lowest BCUT2D eigenvalue weighted by Gasteiger charge is -2.29. The fourth-order valence-electron chi connectivity index (χ4n) is 3.03. The van der Waals surface area contributed by atoms with E-state index in [1.165, 1.54) is 0 Å². The number of benzene rings is 1. The molecule has 122 valence electrons. The summed E-state index contributed by atoms with van der Waals surface area (Å²) in [5, 5.41) is 9.07. The van der Waals surface area contributed by atoms with Gasteiger partial charge in [0, 0.05) is 30.4 Å². The van der Waals surface area contributed by atoms with E-state index in [-0.39, 0.29) is 11.8 Å². The zero-order chi connectivity index (χ0) is 17.1. The highest BCUT2D eigenvalue weighted by Crippen LogP contribution is 2.22. The smallest absolute Gasteiger partial charge is 0.253 e. The third kappa shape index (κ3) is 3.28. The number of carbonyl (C=O) groups is 1. The molecule has 2 aromatic rings. The van der Waals surface area contributed by atoms with Gasteiger partial charge in [-0.05, 0) is 38.8 Å². The predicted molar refractivity (Wildman–Crippen MR) is 91.2 cm³/mol. The Bertz CT molecular complexity index is 792. The summed E-state index contributed by atoms with van der Waals surface area (Å²) in [6.45, 7) is 5.09. The molecular formula is C19H20N4O. The van der Waals surface area contributed by atoms with Crippen LogP contribution in [0.3, 0.4) is 0 Å². The molecule has 1 fully saturated rings. The van der Waals surface area contributed by atoms with Crippen molar-refractivity contribution in [1.29, 1.82) is 5.26 Å². The summed E-state index contributed by atoms with van der Waals surface area (Å²) in [5.41, 5.74) is 4.18. The van der Waals surface area contributed by atoms with Gasteiger partial charge >= 0.3 is 0 Å². The maximum Gasteiger partial charge on any atom is 0.253 e. The van der Waals surface area contributed by atoms with Gasteiger partial charge in [-0.15, -0.1) is 0 Å². The van der Waals surface area contributed by atoms with Crippen molar-refractivity contribution < 1.29 is 4.79 Å². The van der Waals surface area contributed by atoms with Gasteiger partial charge in [0.25, 0.3) is 5.91 Å². The summed E-state index contributed by atoms with van der Waals surface area (Å²) in [4.78, 5) is 23.3. The van der Waals surface area contributed by atoms with E-state index in [4.69, 9.17) is 5.26 Å². The number of nitriles is 1. The van der Waals surface area contributed by atoms with E-state index in [2.05, 4.69) is 16.0 Å². The number of nitrogens with zero attached hydrogens (tertiary/aromatic N) is 4. The number of carbonyl (C=O) groups excluding carboxylic acids is 1. The van der Waals surface area contributed by atoms with Crippen LogP contribution < -0.4 is 0 Å². The number of aromatic nitrogens is 2. The minimum absolute atomic E-state index is 0.00597. The van der Waals surface area contributed by atoms with Gasteiger partial charge in [0.05, 0.1) is 29.1 Å². The van der Waals surface area contributed by atoms with Crippen LogP contribution in [0.15, 0.2) is 30.5 Å². The lowest BCUT2D eigenvalue weighted by molar-refractivity contribution is 0.0699. The molecule has 0 aliphatic carbocycles. The number of hydrogen-bond acceptors (Lipinski definition) is 4. The first kappa shape index (κ1) is 16.1. The van der Waals surface area contributed by atoms with Crippen molar-refractivity contribution in [3.8, 4) is 17.3 Å². The van der Waals surface area contributed by atoms with Gasteiger partial charge in [0.15, 0.2) is 0 Å². The first-order valence-corrected chi connectivity index (χ1v) is 8.18. The van der Waals surface area contributed by atoms with Crippen LogP contribution in [0.1, 0.15) is 34.6 Å². The summed E-state index contributed by atoms with van der Waals surface area (Å²) in [6, 6.07) is 9.76. The molecule has 2 heterocycles. The Morgan fingerprint density at radius 3 is 2.75 bits per heavy atom. The Hall–Kier alpha value is -2.74. The molecule has 1 aromatic heterocycles. The molecule has 1 amide bonds. The molecule has 0 radical (unpaired) electrons. The first-order chi connectivity index (χ1) is 11.6. The molecule has 1 aromatic carbocycles. The highest BCUT2D eigenvalue weighted by Gasteiger charge is 2.24. The van der Waals surface area contributed by atoms with Gasteiger partial charge in [-0.25, -0.2) is 4.98 Å². The Kier molecular flexibility index (Phi) is 4.57.